The molecule has 0 aliphatic carbocycles. The summed E-state index contributed by atoms with van der Waals surface area (Å²) in [5.74, 6) is 1.69. The monoisotopic (exact) mass is 476 g/mol. The van der Waals surface area contributed by atoms with Crippen LogP contribution in [-0.2, 0) is 22.9 Å². The Bertz CT molecular complexity index is 1230. The summed E-state index contributed by atoms with van der Waals surface area (Å²) in [6.45, 7) is 6.33. The van der Waals surface area contributed by atoms with E-state index in [1.165, 1.54) is 11.0 Å². The summed E-state index contributed by atoms with van der Waals surface area (Å²) >= 11 is 0. The van der Waals surface area contributed by atoms with Crippen molar-refractivity contribution in [1.82, 2.24) is 14.3 Å². The minimum Gasteiger partial charge on any atom is -0.355 e. The highest BCUT2D eigenvalue weighted by Crippen LogP contribution is 2.26. The van der Waals surface area contributed by atoms with Gasteiger partial charge in [-0.05, 0) is 37.0 Å². The van der Waals surface area contributed by atoms with E-state index in [2.05, 4.69) is 24.0 Å². The first-order valence-corrected chi connectivity index (χ1v) is 13.3. The molecule has 4 rings (SSSR count). The quantitative estimate of drug-likeness (QED) is 0.504. The molecule has 0 radical (unpaired) electrons. The fourth-order valence-electron chi connectivity index (χ4n) is 4.35. The normalized spacial score (nSPS) is 15.5. The average Bonchev–Trinajstić information content (AvgIpc) is 3.12. The van der Waals surface area contributed by atoms with Gasteiger partial charge in [0.15, 0.2) is 0 Å². The van der Waals surface area contributed by atoms with Gasteiger partial charge in [-0.1, -0.05) is 67.6 Å². The number of hydrogen-bond donors (Lipinski definition) is 0. The van der Waals surface area contributed by atoms with Crippen LogP contribution >= 0.6 is 0 Å². The van der Waals surface area contributed by atoms with Gasteiger partial charge in [0.1, 0.15) is 11.6 Å². The Morgan fingerprint density at radius 3 is 2.32 bits per heavy atom. The van der Waals surface area contributed by atoms with Crippen LogP contribution in [0.5, 0.6) is 0 Å². The smallest absolute Gasteiger partial charge is 0.236 e. The molecule has 178 valence electrons. The lowest BCUT2D eigenvalue weighted by molar-refractivity contribution is 0.440. The van der Waals surface area contributed by atoms with Gasteiger partial charge in [-0.3, -0.25) is 0 Å². The number of benzene rings is 2. The number of aryl methyl sites for hydroxylation is 2. The van der Waals surface area contributed by atoms with Gasteiger partial charge in [-0.15, -0.1) is 0 Å². The number of nitrogens with zero attached hydrogens (tertiary/aromatic N) is 4. The molecule has 0 bridgehead atoms. The number of hydrogen-bond acceptors (Lipinski definition) is 5. The van der Waals surface area contributed by atoms with Crippen LogP contribution in [0.2, 0.25) is 0 Å². The van der Waals surface area contributed by atoms with Crippen molar-refractivity contribution in [3.63, 3.8) is 0 Å². The molecule has 0 spiro atoms. The molecular weight excluding hydrogens is 444 g/mol. The van der Waals surface area contributed by atoms with Crippen molar-refractivity contribution in [3.8, 4) is 0 Å². The topological polar surface area (TPSA) is 66.4 Å². The van der Waals surface area contributed by atoms with Gasteiger partial charge < -0.3 is 4.90 Å². The Morgan fingerprint density at radius 1 is 0.912 bits per heavy atom. The summed E-state index contributed by atoms with van der Waals surface area (Å²) < 4.78 is 27.6. The van der Waals surface area contributed by atoms with Crippen molar-refractivity contribution in [1.29, 1.82) is 0 Å². The van der Waals surface area contributed by atoms with E-state index in [9.17, 15) is 8.42 Å². The second-order valence-electron chi connectivity index (χ2n) is 8.53. The first-order valence-electron chi connectivity index (χ1n) is 11.8. The summed E-state index contributed by atoms with van der Waals surface area (Å²) in [5.41, 5.74) is 4.29. The van der Waals surface area contributed by atoms with Crippen LogP contribution in [0.3, 0.4) is 0 Å². The molecule has 6 nitrogen and oxygen atoms in total. The Kier molecular flexibility index (Phi) is 7.75. The first kappa shape index (κ1) is 24.1. The van der Waals surface area contributed by atoms with E-state index in [-0.39, 0.29) is 0 Å². The van der Waals surface area contributed by atoms with Crippen molar-refractivity contribution in [2.45, 2.75) is 33.1 Å². The van der Waals surface area contributed by atoms with Gasteiger partial charge in [0, 0.05) is 49.3 Å². The third-order valence-corrected chi connectivity index (χ3v) is 7.65. The van der Waals surface area contributed by atoms with Gasteiger partial charge in [-0.25, -0.2) is 18.4 Å². The predicted octanol–water partition coefficient (Wildman–Crippen LogP) is 4.45. The highest BCUT2D eigenvalue weighted by Gasteiger charge is 2.26. The molecule has 0 saturated carbocycles. The van der Waals surface area contributed by atoms with E-state index < -0.39 is 10.0 Å². The second-order valence-corrected chi connectivity index (χ2v) is 10.4. The lowest BCUT2D eigenvalue weighted by atomic mass is 10.0. The number of sulfonamides is 1. The van der Waals surface area contributed by atoms with Crippen molar-refractivity contribution >= 4 is 21.9 Å². The Morgan fingerprint density at radius 2 is 1.62 bits per heavy atom. The average molecular weight is 477 g/mol. The SMILES string of the molecule is CCc1nc(C)nc(N2CCCN(S(=O)(=O)/C=C/c3ccccc3)CC2)c1Cc1ccccc1. The Hall–Kier alpha value is -3.03. The minimum absolute atomic E-state index is 0.427. The fraction of sp³-hybridized carbons (Fsp3) is 0.333. The molecule has 1 aromatic heterocycles. The lowest BCUT2D eigenvalue weighted by Crippen LogP contribution is -2.34. The van der Waals surface area contributed by atoms with Crippen molar-refractivity contribution in [2.24, 2.45) is 0 Å². The fourth-order valence-corrected chi connectivity index (χ4v) is 5.57. The minimum atomic E-state index is -3.50. The molecule has 1 aliphatic rings. The Balaban J connectivity index is 1.56. The Labute approximate surface area is 203 Å². The molecule has 2 aromatic carbocycles. The predicted molar refractivity (Wildman–Crippen MR) is 138 cm³/mol. The highest BCUT2D eigenvalue weighted by molar-refractivity contribution is 7.92. The van der Waals surface area contributed by atoms with Crippen LogP contribution in [0.15, 0.2) is 66.1 Å². The number of rotatable bonds is 7. The summed E-state index contributed by atoms with van der Waals surface area (Å²) in [6, 6.07) is 19.9. The van der Waals surface area contributed by atoms with E-state index in [1.807, 2.05) is 55.5 Å². The molecule has 34 heavy (non-hydrogen) atoms. The van der Waals surface area contributed by atoms with E-state index in [0.29, 0.717) is 19.6 Å². The standard InChI is InChI=1S/C27H32N4O2S/c1-3-26-25(21-24-13-8-5-9-14-24)27(29-22(2)28-26)30-16-10-17-31(19-18-30)34(32,33)20-15-23-11-6-4-7-12-23/h4-9,11-15,20H,3,10,16-19,21H2,1-2H3/b20-15+. The lowest BCUT2D eigenvalue weighted by Gasteiger charge is -2.26. The zero-order chi connectivity index (χ0) is 24.0. The molecule has 0 amide bonds. The molecule has 3 aromatic rings. The first-order chi connectivity index (χ1) is 16.5. The molecular formula is C27H32N4O2S. The second kappa shape index (κ2) is 10.9. The molecule has 0 N–H and O–H groups in total. The van der Waals surface area contributed by atoms with Crippen LogP contribution in [0, 0.1) is 6.92 Å². The van der Waals surface area contributed by atoms with Gasteiger partial charge >= 0.3 is 0 Å². The summed E-state index contributed by atoms with van der Waals surface area (Å²) in [7, 11) is -3.50. The zero-order valence-electron chi connectivity index (χ0n) is 19.9. The number of anilines is 1. The van der Waals surface area contributed by atoms with Crippen molar-refractivity contribution in [3.05, 3.63) is 94.3 Å². The van der Waals surface area contributed by atoms with E-state index in [0.717, 1.165) is 54.3 Å². The van der Waals surface area contributed by atoms with E-state index in [1.54, 1.807) is 10.4 Å². The molecule has 2 heterocycles. The zero-order valence-corrected chi connectivity index (χ0v) is 20.7. The molecule has 1 aliphatic heterocycles. The largest absolute Gasteiger partial charge is 0.355 e. The number of aromatic nitrogens is 2. The molecule has 7 heteroatoms. The third kappa shape index (κ3) is 5.90. The van der Waals surface area contributed by atoms with Crippen molar-refractivity contribution in [2.75, 3.05) is 31.1 Å². The third-order valence-electron chi connectivity index (χ3n) is 6.09. The summed E-state index contributed by atoms with van der Waals surface area (Å²) in [5, 5.41) is 1.32. The summed E-state index contributed by atoms with van der Waals surface area (Å²) in [4.78, 5) is 11.8. The molecule has 0 unspecified atom stereocenters. The van der Waals surface area contributed by atoms with Gasteiger partial charge in [0.2, 0.25) is 10.0 Å². The van der Waals surface area contributed by atoms with Gasteiger partial charge in [0.25, 0.3) is 0 Å². The van der Waals surface area contributed by atoms with Gasteiger partial charge in [-0.2, -0.15) is 4.31 Å². The molecule has 1 fully saturated rings. The molecule has 0 atom stereocenters. The molecule has 1 saturated heterocycles. The van der Waals surface area contributed by atoms with Crippen LogP contribution in [0.1, 0.15) is 41.6 Å². The van der Waals surface area contributed by atoms with Crippen LogP contribution < -0.4 is 4.90 Å². The van der Waals surface area contributed by atoms with Gasteiger partial charge in [0.05, 0.1) is 0 Å². The maximum absolute atomic E-state index is 13.0. The van der Waals surface area contributed by atoms with Crippen LogP contribution in [0.4, 0.5) is 5.82 Å². The van der Waals surface area contributed by atoms with Crippen LogP contribution in [0.25, 0.3) is 6.08 Å². The summed E-state index contributed by atoms with van der Waals surface area (Å²) in [6.07, 6.45) is 4.00. The maximum Gasteiger partial charge on any atom is 0.236 e. The van der Waals surface area contributed by atoms with Crippen LogP contribution in [-0.4, -0.2) is 48.9 Å². The van der Waals surface area contributed by atoms with E-state index in [4.69, 9.17) is 9.97 Å². The highest BCUT2D eigenvalue weighted by atomic mass is 32.2. The van der Waals surface area contributed by atoms with Crippen molar-refractivity contribution < 1.29 is 8.42 Å². The van der Waals surface area contributed by atoms with E-state index >= 15 is 0 Å². The maximum atomic E-state index is 13.0.